The third-order valence-corrected chi connectivity index (χ3v) is 4.07. The Hall–Kier alpha value is -1.88. The van der Waals surface area contributed by atoms with Crippen molar-refractivity contribution in [2.75, 3.05) is 0 Å². The number of hydrogen-bond acceptors (Lipinski definition) is 2. The lowest BCUT2D eigenvalue weighted by Gasteiger charge is -2.06. The number of halogens is 3. The molecule has 0 bridgehead atoms. The molecular weight excluding hydrogens is 283 g/mol. The van der Waals surface area contributed by atoms with Gasteiger partial charge in [-0.05, 0) is 36.8 Å². The molecule has 3 rings (SSSR count). The van der Waals surface area contributed by atoms with Gasteiger partial charge in [0, 0.05) is 5.56 Å². The van der Waals surface area contributed by atoms with Crippen LogP contribution in [0.15, 0.2) is 42.5 Å². The van der Waals surface area contributed by atoms with Crippen molar-refractivity contribution in [3.05, 3.63) is 53.6 Å². The van der Waals surface area contributed by atoms with Gasteiger partial charge in [0.15, 0.2) is 0 Å². The molecule has 0 aliphatic rings. The van der Waals surface area contributed by atoms with Crippen molar-refractivity contribution in [1.29, 1.82) is 0 Å². The third kappa shape index (κ3) is 2.41. The lowest BCUT2D eigenvalue weighted by Crippen LogP contribution is -2.03. The molecule has 0 fully saturated rings. The zero-order valence-corrected chi connectivity index (χ0v) is 11.3. The summed E-state index contributed by atoms with van der Waals surface area (Å²) in [5.41, 5.74) is 2.07. The highest BCUT2D eigenvalue weighted by Crippen LogP contribution is 2.34. The van der Waals surface area contributed by atoms with Crippen molar-refractivity contribution in [3.8, 4) is 10.6 Å². The van der Waals surface area contributed by atoms with Crippen LogP contribution in [0.4, 0.5) is 13.2 Å². The van der Waals surface area contributed by atoms with Crippen molar-refractivity contribution in [1.82, 2.24) is 4.98 Å². The molecule has 0 N–H and O–H groups in total. The van der Waals surface area contributed by atoms with Crippen LogP contribution in [-0.4, -0.2) is 4.98 Å². The standard InChI is InChI=1S/C15H10F3NS/c1-9-2-7-12-13(8-9)20-14(19-12)10-3-5-11(6-4-10)15(16,17)18/h2-8H,1H3. The number of thiazole rings is 1. The summed E-state index contributed by atoms with van der Waals surface area (Å²) in [5, 5.41) is 0.735. The second-order valence-electron chi connectivity index (χ2n) is 4.57. The molecule has 0 atom stereocenters. The van der Waals surface area contributed by atoms with Crippen LogP contribution in [0.25, 0.3) is 20.8 Å². The van der Waals surface area contributed by atoms with Gasteiger partial charge in [-0.3, -0.25) is 0 Å². The monoisotopic (exact) mass is 293 g/mol. The van der Waals surface area contributed by atoms with Crippen molar-refractivity contribution >= 4 is 21.6 Å². The summed E-state index contributed by atoms with van der Waals surface area (Å²) in [6, 6.07) is 11.0. The summed E-state index contributed by atoms with van der Waals surface area (Å²) < 4.78 is 38.6. The summed E-state index contributed by atoms with van der Waals surface area (Å²) >= 11 is 1.49. The fourth-order valence-corrected chi connectivity index (χ4v) is 3.03. The van der Waals surface area contributed by atoms with Crippen LogP contribution in [0.1, 0.15) is 11.1 Å². The molecule has 102 valence electrons. The molecule has 0 unspecified atom stereocenters. The second kappa shape index (κ2) is 4.59. The van der Waals surface area contributed by atoms with E-state index in [1.54, 1.807) is 0 Å². The van der Waals surface area contributed by atoms with Crippen LogP contribution in [0.5, 0.6) is 0 Å². The maximum atomic E-state index is 12.5. The molecule has 0 radical (unpaired) electrons. The minimum atomic E-state index is -4.30. The first-order valence-electron chi connectivity index (χ1n) is 5.98. The van der Waals surface area contributed by atoms with Gasteiger partial charge in [-0.2, -0.15) is 13.2 Å². The zero-order valence-electron chi connectivity index (χ0n) is 10.5. The van der Waals surface area contributed by atoms with Gasteiger partial charge in [-0.1, -0.05) is 18.2 Å². The fourth-order valence-electron chi connectivity index (χ4n) is 1.96. The summed E-state index contributed by atoms with van der Waals surface area (Å²) in [4.78, 5) is 4.45. The minimum absolute atomic E-state index is 0.641. The van der Waals surface area contributed by atoms with Crippen LogP contribution in [0, 0.1) is 6.92 Å². The first-order valence-corrected chi connectivity index (χ1v) is 6.80. The number of hydrogen-bond donors (Lipinski definition) is 0. The van der Waals surface area contributed by atoms with Crippen molar-refractivity contribution in [2.24, 2.45) is 0 Å². The summed E-state index contributed by atoms with van der Waals surface area (Å²) in [5.74, 6) is 0. The fraction of sp³-hybridized carbons (Fsp3) is 0.133. The molecule has 0 spiro atoms. The van der Waals surface area contributed by atoms with Gasteiger partial charge in [0.1, 0.15) is 5.01 Å². The highest BCUT2D eigenvalue weighted by Gasteiger charge is 2.30. The molecule has 2 aromatic carbocycles. The van der Waals surface area contributed by atoms with Crippen molar-refractivity contribution in [3.63, 3.8) is 0 Å². The topological polar surface area (TPSA) is 12.9 Å². The van der Waals surface area contributed by atoms with Gasteiger partial charge in [0.25, 0.3) is 0 Å². The first kappa shape index (κ1) is 13.1. The molecule has 0 saturated heterocycles. The van der Waals surface area contributed by atoms with E-state index in [1.165, 1.54) is 23.5 Å². The SMILES string of the molecule is Cc1ccc2nc(-c3ccc(C(F)(F)F)cc3)sc2c1. The number of nitrogens with zero attached hydrogens (tertiary/aromatic N) is 1. The van der Waals surface area contributed by atoms with E-state index < -0.39 is 11.7 Å². The lowest BCUT2D eigenvalue weighted by atomic mass is 10.1. The molecule has 0 saturated carbocycles. The molecule has 0 aliphatic heterocycles. The number of alkyl halides is 3. The Morgan fingerprint density at radius 2 is 1.70 bits per heavy atom. The second-order valence-corrected chi connectivity index (χ2v) is 5.60. The van der Waals surface area contributed by atoms with E-state index in [1.807, 2.05) is 25.1 Å². The molecule has 0 aliphatic carbocycles. The van der Waals surface area contributed by atoms with Crippen LogP contribution in [0.3, 0.4) is 0 Å². The van der Waals surface area contributed by atoms with E-state index in [0.717, 1.165) is 32.9 Å². The van der Waals surface area contributed by atoms with Crippen molar-refractivity contribution in [2.45, 2.75) is 13.1 Å². The average molecular weight is 293 g/mol. The Balaban J connectivity index is 2.02. The summed E-state index contributed by atoms with van der Waals surface area (Å²) in [6.45, 7) is 2.00. The van der Waals surface area contributed by atoms with E-state index in [9.17, 15) is 13.2 Å². The van der Waals surface area contributed by atoms with E-state index in [4.69, 9.17) is 0 Å². The number of fused-ring (bicyclic) bond motifs is 1. The molecule has 0 amide bonds. The van der Waals surface area contributed by atoms with Gasteiger partial charge in [-0.25, -0.2) is 4.98 Å². The highest BCUT2D eigenvalue weighted by molar-refractivity contribution is 7.21. The quantitative estimate of drug-likeness (QED) is 0.594. The molecular formula is C15H10F3NS. The van der Waals surface area contributed by atoms with Gasteiger partial charge in [0.2, 0.25) is 0 Å². The number of rotatable bonds is 1. The van der Waals surface area contributed by atoms with Crippen LogP contribution < -0.4 is 0 Å². The Morgan fingerprint density at radius 3 is 2.35 bits per heavy atom. The van der Waals surface area contributed by atoms with E-state index in [2.05, 4.69) is 4.98 Å². The molecule has 3 aromatic rings. The average Bonchev–Trinajstić information content (AvgIpc) is 2.80. The molecule has 1 heterocycles. The summed E-state index contributed by atoms with van der Waals surface area (Å²) in [6.07, 6.45) is -4.30. The number of aromatic nitrogens is 1. The van der Waals surface area contributed by atoms with Gasteiger partial charge < -0.3 is 0 Å². The minimum Gasteiger partial charge on any atom is -0.236 e. The number of benzene rings is 2. The van der Waals surface area contributed by atoms with Gasteiger partial charge in [-0.15, -0.1) is 11.3 Å². The van der Waals surface area contributed by atoms with E-state index in [0.29, 0.717) is 5.56 Å². The van der Waals surface area contributed by atoms with Crippen LogP contribution >= 0.6 is 11.3 Å². The zero-order chi connectivity index (χ0) is 14.3. The van der Waals surface area contributed by atoms with Crippen molar-refractivity contribution < 1.29 is 13.2 Å². The van der Waals surface area contributed by atoms with Gasteiger partial charge in [0.05, 0.1) is 15.8 Å². The maximum Gasteiger partial charge on any atom is 0.416 e. The third-order valence-electron chi connectivity index (χ3n) is 3.00. The predicted molar refractivity (Wildman–Crippen MR) is 74.8 cm³/mol. The molecule has 1 aromatic heterocycles. The lowest BCUT2D eigenvalue weighted by molar-refractivity contribution is -0.137. The molecule has 1 nitrogen and oxygen atoms in total. The normalized spacial score (nSPS) is 12.0. The van der Waals surface area contributed by atoms with E-state index >= 15 is 0 Å². The van der Waals surface area contributed by atoms with Gasteiger partial charge >= 0.3 is 6.18 Å². The maximum absolute atomic E-state index is 12.5. The van der Waals surface area contributed by atoms with Crippen LogP contribution in [0.2, 0.25) is 0 Å². The number of aryl methyl sites for hydroxylation is 1. The Kier molecular flexibility index (Phi) is 3.01. The molecule has 5 heteroatoms. The highest BCUT2D eigenvalue weighted by atomic mass is 32.1. The van der Waals surface area contributed by atoms with Crippen LogP contribution in [-0.2, 0) is 6.18 Å². The van der Waals surface area contributed by atoms with E-state index in [-0.39, 0.29) is 0 Å². The predicted octanol–water partition coefficient (Wildman–Crippen LogP) is 5.29. The Labute approximate surface area is 117 Å². The molecule has 20 heavy (non-hydrogen) atoms. The first-order chi connectivity index (χ1) is 9.43. The smallest absolute Gasteiger partial charge is 0.236 e. The Bertz CT molecular complexity index is 757. The largest absolute Gasteiger partial charge is 0.416 e. The Morgan fingerprint density at radius 1 is 1.00 bits per heavy atom. The summed E-state index contributed by atoms with van der Waals surface area (Å²) in [7, 11) is 0.